The molecule has 2 saturated carbocycles. The fraction of sp³-hybridized carbons (Fsp3) is 0.333. The van der Waals surface area contributed by atoms with Crippen molar-refractivity contribution in [3.05, 3.63) is 125 Å². The number of allylic oxidation sites excluding steroid dienone is 8. The molecule has 4 aliphatic carbocycles. The third-order valence-corrected chi connectivity index (χ3v) is 9.87. The Hall–Kier alpha value is -1.27. The average molecular weight is 594 g/mol. The van der Waals surface area contributed by atoms with E-state index in [2.05, 4.69) is 111 Å². The molecule has 186 valence electrons. The van der Waals surface area contributed by atoms with Gasteiger partial charge in [0.05, 0.1) is 0 Å². The Morgan fingerprint density at radius 2 is 1.44 bits per heavy atom. The van der Waals surface area contributed by atoms with Crippen molar-refractivity contribution in [3.63, 3.8) is 0 Å². The zero-order valence-electron chi connectivity index (χ0n) is 21.2. The summed E-state index contributed by atoms with van der Waals surface area (Å²) in [7, 11) is 0. The standard InChI is InChI=1S/C20H25.C13H10.2ClH.Zr/c1-13-10-11-16(14(13)2)18-8-5-9-19-17-7-4-3-6-15(17)12-20(18)19;1-3-7-12(8-4-1)11-13-9-5-2-6-10-13;;;/h3-4,6-7,10,12,15,17-20H,5,8-9,11H2,1-2H3;1-10H;2*1H;/q-1;;;;+2/p-2. The van der Waals surface area contributed by atoms with E-state index in [0.717, 1.165) is 23.7 Å². The van der Waals surface area contributed by atoms with Gasteiger partial charge in [-0.3, -0.25) is 0 Å². The van der Waals surface area contributed by atoms with E-state index in [1.54, 1.807) is 11.1 Å². The van der Waals surface area contributed by atoms with Crippen LogP contribution in [0.25, 0.3) is 0 Å². The summed E-state index contributed by atoms with van der Waals surface area (Å²) < 4.78 is 1.42. The van der Waals surface area contributed by atoms with Gasteiger partial charge in [0.25, 0.3) is 0 Å². The first-order valence-electron chi connectivity index (χ1n) is 12.9. The van der Waals surface area contributed by atoms with Gasteiger partial charge < -0.3 is 31.2 Å². The minimum atomic E-state index is 0. The van der Waals surface area contributed by atoms with Crippen LogP contribution in [0.4, 0.5) is 0 Å². The van der Waals surface area contributed by atoms with Gasteiger partial charge in [-0.25, -0.2) is 0 Å². The van der Waals surface area contributed by atoms with Crippen LogP contribution in [0.3, 0.4) is 0 Å². The van der Waals surface area contributed by atoms with Crippen LogP contribution in [0.2, 0.25) is 0 Å². The number of halogens is 2. The molecule has 5 atom stereocenters. The van der Waals surface area contributed by atoms with Crippen LogP contribution in [0, 0.1) is 36.0 Å². The second kappa shape index (κ2) is 13.5. The Morgan fingerprint density at radius 3 is 2.03 bits per heavy atom. The van der Waals surface area contributed by atoms with E-state index in [-0.39, 0.29) is 24.8 Å². The van der Waals surface area contributed by atoms with Crippen molar-refractivity contribution in [1.29, 1.82) is 0 Å². The van der Waals surface area contributed by atoms with Crippen LogP contribution in [0.15, 0.2) is 108 Å². The average Bonchev–Trinajstić information content (AvgIpc) is 3.44. The quantitative estimate of drug-likeness (QED) is 0.479. The van der Waals surface area contributed by atoms with Crippen LogP contribution < -0.4 is 24.8 Å². The van der Waals surface area contributed by atoms with Gasteiger partial charge >= 0.3 is 99.2 Å². The molecule has 5 unspecified atom stereocenters. The van der Waals surface area contributed by atoms with Crippen molar-refractivity contribution in [2.24, 2.45) is 29.6 Å². The summed E-state index contributed by atoms with van der Waals surface area (Å²) in [5.41, 5.74) is 7.55. The molecule has 0 saturated heterocycles. The van der Waals surface area contributed by atoms with E-state index < -0.39 is 0 Å². The number of fused-ring (bicyclic) bond motifs is 3. The second-order valence-corrected chi connectivity index (χ2v) is 11.5. The maximum absolute atomic E-state index is 2.70. The Morgan fingerprint density at radius 1 is 0.833 bits per heavy atom. The van der Waals surface area contributed by atoms with Crippen LogP contribution in [0.5, 0.6) is 0 Å². The molecule has 0 spiro atoms. The predicted molar refractivity (Wildman–Crippen MR) is 141 cm³/mol. The van der Waals surface area contributed by atoms with E-state index in [4.69, 9.17) is 0 Å². The minimum absolute atomic E-state index is 0. The van der Waals surface area contributed by atoms with Gasteiger partial charge in [-0.1, -0.05) is 54.2 Å². The zero-order valence-corrected chi connectivity index (χ0v) is 25.2. The first kappa shape index (κ1) is 29.3. The van der Waals surface area contributed by atoms with E-state index >= 15 is 0 Å². The molecule has 2 aromatic carbocycles. The van der Waals surface area contributed by atoms with Crippen molar-refractivity contribution in [2.45, 2.75) is 39.5 Å². The van der Waals surface area contributed by atoms with Crippen LogP contribution in [0.1, 0.15) is 50.7 Å². The molecule has 0 aliphatic heterocycles. The normalized spacial score (nSPS) is 27.6. The van der Waals surface area contributed by atoms with Crippen molar-refractivity contribution in [1.82, 2.24) is 0 Å². The molecule has 0 radical (unpaired) electrons. The molecule has 0 aromatic heterocycles. The Balaban J connectivity index is 0.000000201. The number of benzene rings is 2. The molecule has 0 N–H and O–H groups in total. The summed E-state index contributed by atoms with van der Waals surface area (Å²) in [4.78, 5) is 0. The summed E-state index contributed by atoms with van der Waals surface area (Å²) in [5.74, 6) is 4.07. The van der Waals surface area contributed by atoms with Crippen LogP contribution in [-0.4, -0.2) is 3.21 Å². The van der Waals surface area contributed by atoms with E-state index in [1.807, 2.05) is 0 Å². The third kappa shape index (κ3) is 6.23. The third-order valence-electron chi connectivity index (χ3n) is 8.45. The molecular formula is C33H35Cl2Zr-. The second-order valence-electron chi connectivity index (χ2n) is 10.2. The summed E-state index contributed by atoms with van der Waals surface area (Å²) in [6, 6.07) is 21.1. The summed E-state index contributed by atoms with van der Waals surface area (Å²) in [6.45, 7) is 4.63. The summed E-state index contributed by atoms with van der Waals surface area (Å²) in [5, 5.41) is 0. The Kier molecular flexibility index (Phi) is 11.0. The van der Waals surface area contributed by atoms with Crippen molar-refractivity contribution in [3.8, 4) is 0 Å². The molecule has 3 heteroatoms. The van der Waals surface area contributed by atoms with Crippen LogP contribution >= 0.6 is 0 Å². The number of rotatable bonds is 3. The maximum atomic E-state index is 2.70. The molecule has 0 nitrogen and oxygen atoms in total. The molecule has 6 rings (SSSR count). The zero-order chi connectivity index (χ0) is 23.5. The number of hydrogen-bond acceptors (Lipinski definition) is 0. The predicted octanol–water partition coefficient (Wildman–Crippen LogP) is 2.07. The van der Waals surface area contributed by atoms with E-state index in [1.165, 1.54) is 69.8 Å². The molecule has 2 aromatic rings. The van der Waals surface area contributed by atoms with Gasteiger partial charge in [-0.2, -0.15) is 5.92 Å². The molecular weight excluding hydrogens is 558 g/mol. The van der Waals surface area contributed by atoms with Crippen molar-refractivity contribution in [2.75, 3.05) is 0 Å². The van der Waals surface area contributed by atoms with Crippen molar-refractivity contribution >= 4 is 3.21 Å². The first-order chi connectivity index (χ1) is 16.6. The Labute approximate surface area is 245 Å². The van der Waals surface area contributed by atoms with Crippen molar-refractivity contribution < 1.29 is 49.0 Å². The molecule has 2 fully saturated rings. The molecule has 0 amide bonds. The van der Waals surface area contributed by atoms with Gasteiger partial charge in [-0.05, 0) is 44.1 Å². The van der Waals surface area contributed by atoms with Gasteiger partial charge in [0, 0.05) is 0 Å². The SMILES string of the molecule is CC1=CCC(C2CCCC3C4C=CC=CC4[CH-]C23)=C1C.[Cl-].[Cl-].[Zr+2]=[C](c1ccccc1)c1ccccc1. The molecule has 36 heavy (non-hydrogen) atoms. The Bertz CT molecular complexity index is 1100. The first-order valence-corrected chi connectivity index (χ1v) is 14.1. The molecule has 0 bridgehead atoms. The molecule has 4 aliphatic rings. The van der Waals surface area contributed by atoms with Gasteiger partial charge in [-0.15, -0.1) is 12.0 Å². The monoisotopic (exact) mass is 591 g/mol. The summed E-state index contributed by atoms with van der Waals surface area (Å²) in [6.07, 6.45) is 20.1. The van der Waals surface area contributed by atoms with Gasteiger partial charge in [0.15, 0.2) is 0 Å². The molecule has 0 heterocycles. The van der Waals surface area contributed by atoms with E-state index in [0.29, 0.717) is 5.92 Å². The fourth-order valence-corrected chi connectivity index (χ4v) is 7.36. The fourth-order valence-electron chi connectivity index (χ4n) is 6.54. The van der Waals surface area contributed by atoms with Gasteiger partial charge in [0.1, 0.15) is 0 Å². The van der Waals surface area contributed by atoms with Gasteiger partial charge in [0.2, 0.25) is 0 Å². The number of hydrogen-bond donors (Lipinski definition) is 0. The topological polar surface area (TPSA) is 0 Å². The van der Waals surface area contributed by atoms with E-state index in [9.17, 15) is 0 Å². The summed E-state index contributed by atoms with van der Waals surface area (Å²) >= 11 is 1.46. The van der Waals surface area contributed by atoms with Crippen LogP contribution in [-0.2, 0) is 24.2 Å².